The number of likely N-dealkylation sites (tertiary alicyclic amines) is 1. The van der Waals surface area contributed by atoms with Gasteiger partial charge >= 0.3 is 12.0 Å². The number of amides is 2. The Hall–Kier alpha value is -1.30. The van der Waals surface area contributed by atoms with E-state index in [-0.39, 0.29) is 24.5 Å². The molecule has 0 saturated carbocycles. The molecule has 19 heavy (non-hydrogen) atoms. The summed E-state index contributed by atoms with van der Waals surface area (Å²) in [6, 6.07) is -0.0426. The number of urea groups is 1. The Morgan fingerprint density at radius 1 is 1.53 bits per heavy atom. The SMILES string of the molecule is COC(C)CN(C)C(=O)N1CCCC(CC(=O)O)C1. The zero-order valence-corrected chi connectivity index (χ0v) is 12.0. The van der Waals surface area contributed by atoms with Crippen LogP contribution >= 0.6 is 0 Å². The monoisotopic (exact) mass is 272 g/mol. The number of carboxylic acids is 1. The molecule has 0 spiro atoms. The number of ether oxygens (including phenoxy) is 1. The van der Waals surface area contributed by atoms with E-state index in [1.807, 2.05) is 6.92 Å². The van der Waals surface area contributed by atoms with Crippen LogP contribution in [0, 0.1) is 5.92 Å². The first-order valence-corrected chi connectivity index (χ1v) is 6.68. The van der Waals surface area contributed by atoms with E-state index in [0.29, 0.717) is 19.6 Å². The van der Waals surface area contributed by atoms with Crippen LogP contribution in [0.15, 0.2) is 0 Å². The molecule has 1 aliphatic rings. The largest absolute Gasteiger partial charge is 0.481 e. The number of hydrogen-bond donors (Lipinski definition) is 1. The molecule has 0 aromatic rings. The standard InChI is InChI=1S/C13H24N2O4/c1-10(19-3)8-14(2)13(18)15-6-4-5-11(9-15)7-12(16)17/h10-11H,4-9H2,1-3H3,(H,16,17). The minimum absolute atomic E-state index is 0.00597. The molecule has 6 heteroatoms. The van der Waals surface area contributed by atoms with Gasteiger partial charge in [0.05, 0.1) is 6.10 Å². The lowest BCUT2D eigenvalue weighted by Gasteiger charge is -2.35. The van der Waals surface area contributed by atoms with Crippen molar-refractivity contribution in [3.63, 3.8) is 0 Å². The van der Waals surface area contributed by atoms with Gasteiger partial charge in [-0.25, -0.2) is 4.79 Å². The van der Waals surface area contributed by atoms with E-state index in [4.69, 9.17) is 9.84 Å². The fourth-order valence-electron chi connectivity index (χ4n) is 2.43. The third-order valence-corrected chi connectivity index (χ3v) is 3.51. The maximum atomic E-state index is 12.2. The van der Waals surface area contributed by atoms with Gasteiger partial charge in [0.2, 0.25) is 0 Å². The quantitative estimate of drug-likeness (QED) is 0.818. The second-order valence-electron chi connectivity index (χ2n) is 5.26. The summed E-state index contributed by atoms with van der Waals surface area (Å²) in [5.41, 5.74) is 0. The summed E-state index contributed by atoms with van der Waals surface area (Å²) >= 11 is 0. The van der Waals surface area contributed by atoms with Gasteiger partial charge in [0.15, 0.2) is 0 Å². The number of nitrogens with zero attached hydrogens (tertiary/aromatic N) is 2. The summed E-state index contributed by atoms with van der Waals surface area (Å²) in [6.07, 6.45) is 1.89. The molecule has 1 heterocycles. The topological polar surface area (TPSA) is 70.1 Å². The first-order valence-electron chi connectivity index (χ1n) is 6.68. The van der Waals surface area contributed by atoms with Crippen LogP contribution in [0.3, 0.4) is 0 Å². The molecular weight excluding hydrogens is 248 g/mol. The number of hydrogen-bond acceptors (Lipinski definition) is 3. The van der Waals surface area contributed by atoms with Gasteiger partial charge in [-0.15, -0.1) is 0 Å². The van der Waals surface area contributed by atoms with Gasteiger partial charge in [0, 0.05) is 40.2 Å². The third-order valence-electron chi connectivity index (χ3n) is 3.51. The summed E-state index contributed by atoms with van der Waals surface area (Å²) in [5, 5.41) is 8.82. The van der Waals surface area contributed by atoms with Crippen LogP contribution in [0.1, 0.15) is 26.2 Å². The van der Waals surface area contributed by atoms with Crippen molar-refractivity contribution in [2.45, 2.75) is 32.3 Å². The lowest BCUT2D eigenvalue weighted by Crippen LogP contribution is -2.48. The second-order valence-corrected chi connectivity index (χ2v) is 5.26. The maximum Gasteiger partial charge on any atom is 0.319 e. The Morgan fingerprint density at radius 2 is 2.21 bits per heavy atom. The van der Waals surface area contributed by atoms with Gasteiger partial charge < -0.3 is 19.6 Å². The predicted molar refractivity (Wildman–Crippen MR) is 71.0 cm³/mol. The maximum absolute atomic E-state index is 12.2. The van der Waals surface area contributed by atoms with Crippen molar-refractivity contribution >= 4 is 12.0 Å². The van der Waals surface area contributed by atoms with Gasteiger partial charge in [-0.05, 0) is 25.7 Å². The molecule has 2 atom stereocenters. The van der Waals surface area contributed by atoms with Crippen LogP contribution in [0.4, 0.5) is 4.79 Å². The van der Waals surface area contributed by atoms with E-state index in [1.165, 1.54) is 0 Å². The van der Waals surface area contributed by atoms with Crippen LogP contribution in [-0.4, -0.2) is 66.8 Å². The zero-order chi connectivity index (χ0) is 14.4. The Balaban J connectivity index is 2.49. The van der Waals surface area contributed by atoms with E-state index in [1.54, 1.807) is 24.0 Å². The molecule has 1 aliphatic heterocycles. The highest BCUT2D eigenvalue weighted by Gasteiger charge is 2.27. The molecule has 0 radical (unpaired) electrons. The number of aliphatic carboxylic acids is 1. The van der Waals surface area contributed by atoms with Crippen molar-refractivity contribution in [1.82, 2.24) is 9.80 Å². The molecule has 2 amide bonds. The van der Waals surface area contributed by atoms with Crippen molar-refractivity contribution in [3.8, 4) is 0 Å². The highest BCUT2D eigenvalue weighted by atomic mass is 16.5. The van der Waals surface area contributed by atoms with Crippen LogP contribution in [0.5, 0.6) is 0 Å². The summed E-state index contributed by atoms with van der Waals surface area (Å²) in [7, 11) is 3.37. The highest BCUT2D eigenvalue weighted by Crippen LogP contribution is 2.20. The van der Waals surface area contributed by atoms with Gasteiger partial charge in [0.1, 0.15) is 0 Å². The van der Waals surface area contributed by atoms with E-state index in [0.717, 1.165) is 12.8 Å². The molecule has 0 aliphatic carbocycles. The molecule has 0 aromatic carbocycles. The molecule has 2 unspecified atom stereocenters. The predicted octanol–water partition coefficient (Wildman–Crippen LogP) is 1.26. The average molecular weight is 272 g/mol. The van der Waals surface area contributed by atoms with Crippen molar-refractivity contribution < 1.29 is 19.4 Å². The first-order chi connectivity index (χ1) is 8.93. The lowest BCUT2D eigenvalue weighted by atomic mass is 9.95. The molecule has 1 fully saturated rings. The summed E-state index contributed by atoms with van der Waals surface area (Å²) in [4.78, 5) is 26.3. The number of carboxylic acid groups (broad SMARTS) is 1. The Kier molecular flexibility index (Phi) is 6.08. The Bertz CT molecular complexity index is 322. The van der Waals surface area contributed by atoms with Crippen LogP contribution in [0.25, 0.3) is 0 Å². The fraction of sp³-hybridized carbons (Fsp3) is 0.846. The van der Waals surface area contributed by atoms with E-state index in [2.05, 4.69) is 0 Å². The van der Waals surface area contributed by atoms with Crippen LogP contribution in [-0.2, 0) is 9.53 Å². The van der Waals surface area contributed by atoms with Gasteiger partial charge in [0.25, 0.3) is 0 Å². The molecule has 0 bridgehead atoms. The lowest BCUT2D eigenvalue weighted by molar-refractivity contribution is -0.138. The number of rotatable bonds is 5. The number of methoxy groups -OCH3 is 1. The minimum atomic E-state index is -0.791. The van der Waals surface area contributed by atoms with Crippen molar-refractivity contribution in [3.05, 3.63) is 0 Å². The molecule has 0 aromatic heterocycles. The van der Waals surface area contributed by atoms with Crippen molar-refractivity contribution in [1.29, 1.82) is 0 Å². The molecule has 110 valence electrons. The minimum Gasteiger partial charge on any atom is -0.481 e. The van der Waals surface area contributed by atoms with Gasteiger partial charge in [-0.3, -0.25) is 4.79 Å². The Morgan fingerprint density at radius 3 is 2.79 bits per heavy atom. The second kappa shape index (κ2) is 7.33. The smallest absolute Gasteiger partial charge is 0.319 e. The number of carbonyl (C=O) groups is 2. The van der Waals surface area contributed by atoms with Crippen LogP contribution < -0.4 is 0 Å². The van der Waals surface area contributed by atoms with E-state index >= 15 is 0 Å². The molecular formula is C13H24N2O4. The fourth-order valence-corrected chi connectivity index (χ4v) is 2.43. The third kappa shape index (κ3) is 5.06. The normalized spacial score (nSPS) is 21.0. The number of piperidine rings is 1. The zero-order valence-electron chi connectivity index (χ0n) is 12.0. The van der Waals surface area contributed by atoms with Crippen LogP contribution in [0.2, 0.25) is 0 Å². The summed E-state index contributed by atoms with van der Waals surface area (Å²) < 4.78 is 5.14. The van der Waals surface area contributed by atoms with Gasteiger partial charge in [-0.1, -0.05) is 0 Å². The first kappa shape index (κ1) is 15.8. The van der Waals surface area contributed by atoms with Gasteiger partial charge in [-0.2, -0.15) is 0 Å². The number of likely N-dealkylation sites (N-methyl/N-ethyl adjacent to an activating group) is 1. The van der Waals surface area contributed by atoms with Crippen molar-refractivity contribution in [2.24, 2.45) is 5.92 Å². The molecule has 6 nitrogen and oxygen atoms in total. The molecule has 1 N–H and O–H groups in total. The summed E-state index contributed by atoms with van der Waals surface area (Å²) in [5.74, 6) is -0.718. The molecule has 1 rings (SSSR count). The Labute approximate surface area is 114 Å². The van der Waals surface area contributed by atoms with E-state index < -0.39 is 5.97 Å². The van der Waals surface area contributed by atoms with Crippen molar-refractivity contribution in [2.75, 3.05) is 33.8 Å². The highest BCUT2D eigenvalue weighted by molar-refractivity contribution is 5.74. The summed E-state index contributed by atoms with van der Waals surface area (Å²) in [6.45, 7) is 3.69. The molecule has 1 saturated heterocycles. The average Bonchev–Trinajstić information content (AvgIpc) is 2.37. The van der Waals surface area contributed by atoms with E-state index in [9.17, 15) is 9.59 Å². The number of carbonyl (C=O) groups excluding carboxylic acids is 1.